The largest absolute Gasteiger partial charge is 0.497 e. The second-order valence-corrected chi connectivity index (χ2v) is 6.10. The number of ether oxygens (including phenoxy) is 2. The summed E-state index contributed by atoms with van der Waals surface area (Å²) < 4.78 is 11.0. The first-order chi connectivity index (χ1) is 12.1. The molecular weight excluding hydrogens is 338 g/mol. The third-order valence-electron chi connectivity index (χ3n) is 3.84. The fraction of sp³-hybridized carbons (Fsp3) is 0.350. The molecule has 0 aliphatic rings. The summed E-state index contributed by atoms with van der Waals surface area (Å²) in [6, 6.07) is 15.1. The van der Waals surface area contributed by atoms with Crippen molar-refractivity contribution in [3.05, 3.63) is 59.1 Å². The second kappa shape index (κ2) is 9.94. The number of carbonyl (C=O) groups is 1. The Labute approximate surface area is 154 Å². The van der Waals surface area contributed by atoms with E-state index in [1.807, 2.05) is 37.3 Å². The molecule has 0 spiro atoms. The first-order valence-corrected chi connectivity index (χ1v) is 8.83. The molecule has 2 aromatic carbocycles. The lowest BCUT2D eigenvalue weighted by atomic mass is 10.1. The van der Waals surface area contributed by atoms with Crippen LogP contribution in [-0.2, 0) is 11.2 Å². The number of halogens is 1. The Bertz CT molecular complexity index is 690. The molecule has 0 aliphatic heterocycles. The van der Waals surface area contributed by atoms with Gasteiger partial charge in [-0.3, -0.25) is 4.79 Å². The molecule has 0 saturated heterocycles. The molecule has 1 N–H and O–H groups in total. The van der Waals surface area contributed by atoms with Crippen LogP contribution < -0.4 is 14.8 Å². The predicted molar refractivity (Wildman–Crippen MR) is 100 cm³/mol. The minimum absolute atomic E-state index is 0.118. The van der Waals surface area contributed by atoms with Gasteiger partial charge in [0.05, 0.1) is 12.1 Å². The summed E-state index contributed by atoms with van der Waals surface area (Å²) in [6.45, 7) is 2.51. The van der Waals surface area contributed by atoms with Crippen molar-refractivity contribution < 1.29 is 14.3 Å². The molecule has 25 heavy (non-hydrogen) atoms. The first kappa shape index (κ1) is 19.1. The minimum Gasteiger partial charge on any atom is -0.497 e. The van der Waals surface area contributed by atoms with Gasteiger partial charge in [0, 0.05) is 6.54 Å². The van der Waals surface area contributed by atoms with Crippen LogP contribution in [0, 0.1) is 0 Å². The number of methoxy groups -OCH3 is 1. The van der Waals surface area contributed by atoms with Gasteiger partial charge in [0.25, 0.3) is 5.91 Å². The maximum Gasteiger partial charge on any atom is 0.261 e. The minimum atomic E-state index is -0.545. The molecule has 0 radical (unpaired) electrons. The molecule has 1 atom stereocenters. The van der Waals surface area contributed by atoms with Gasteiger partial charge in [-0.25, -0.2) is 0 Å². The summed E-state index contributed by atoms with van der Waals surface area (Å²) in [7, 11) is 1.66. The first-order valence-electron chi connectivity index (χ1n) is 8.46. The number of hydrogen-bond acceptors (Lipinski definition) is 3. The van der Waals surface area contributed by atoms with E-state index in [9.17, 15) is 4.79 Å². The summed E-state index contributed by atoms with van der Waals surface area (Å²) in [6.07, 6.45) is 1.75. The highest BCUT2D eigenvalue weighted by Gasteiger charge is 2.18. The summed E-state index contributed by atoms with van der Waals surface area (Å²) >= 11 is 6.08. The molecule has 2 rings (SSSR count). The van der Waals surface area contributed by atoms with Gasteiger partial charge in [-0.05, 0) is 49.1 Å². The van der Waals surface area contributed by atoms with E-state index in [2.05, 4.69) is 11.4 Å². The van der Waals surface area contributed by atoms with Crippen LogP contribution in [0.1, 0.15) is 25.3 Å². The fourth-order valence-electron chi connectivity index (χ4n) is 2.46. The maximum atomic E-state index is 12.3. The van der Waals surface area contributed by atoms with Crippen molar-refractivity contribution in [2.75, 3.05) is 13.7 Å². The summed E-state index contributed by atoms with van der Waals surface area (Å²) in [5.74, 6) is 1.26. The van der Waals surface area contributed by atoms with E-state index in [0.29, 0.717) is 23.7 Å². The standard InChI is InChI=1S/C20H24ClNO3/c1-3-18(25-19-12-5-4-11-17(19)21)20(23)22-13-7-9-15-8-6-10-16(14-15)24-2/h4-6,8,10-12,14,18H,3,7,9,13H2,1-2H3,(H,22,23)/t18-/m1/s1. The smallest absolute Gasteiger partial charge is 0.261 e. The Kier molecular flexibility index (Phi) is 7.61. The Morgan fingerprint density at radius 1 is 1.20 bits per heavy atom. The van der Waals surface area contributed by atoms with Gasteiger partial charge in [0.1, 0.15) is 11.5 Å². The Morgan fingerprint density at radius 3 is 2.72 bits per heavy atom. The zero-order valence-electron chi connectivity index (χ0n) is 14.6. The monoisotopic (exact) mass is 361 g/mol. The molecule has 1 amide bonds. The van der Waals surface area contributed by atoms with Crippen molar-refractivity contribution in [1.29, 1.82) is 0 Å². The quantitative estimate of drug-likeness (QED) is 0.679. The number of hydrogen-bond donors (Lipinski definition) is 1. The Morgan fingerprint density at radius 2 is 2.00 bits per heavy atom. The highest BCUT2D eigenvalue weighted by atomic mass is 35.5. The fourth-order valence-corrected chi connectivity index (χ4v) is 2.64. The van der Waals surface area contributed by atoms with Crippen molar-refractivity contribution in [3.8, 4) is 11.5 Å². The third kappa shape index (κ3) is 5.98. The van der Waals surface area contributed by atoms with Crippen molar-refractivity contribution in [2.24, 2.45) is 0 Å². The van der Waals surface area contributed by atoms with Crippen molar-refractivity contribution >= 4 is 17.5 Å². The molecule has 0 aromatic heterocycles. The third-order valence-corrected chi connectivity index (χ3v) is 4.16. The maximum absolute atomic E-state index is 12.3. The normalized spacial score (nSPS) is 11.6. The lowest BCUT2D eigenvalue weighted by molar-refractivity contribution is -0.128. The average Bonchev–Trinajstić information content (AvgIpc) is 2.64. The molecule has 134 valence electrons. The van der Waals surface area contributed by atoms with E-state index >= 15 is 0 Å². The van der Waals surface area contributed by atoms with Gasteiger partial charge < -0.3 is 14.8 Å². The highest BCUT2D eigenvalue weighted by Crippen LogP contribution is 2.24. The number of nitrogens with one attached hydrogen (secondary N) is 1. The zero-order chi connectivity index (χ0) is 18.1. The van der Waals surface area contributed by atoms with E-state index in [-0.39, 0.29) is 5.91 Å². The molecule has 2 aromatic rings. The van der Waals surface area contributed by atoms with E-state index < -0.39 is 6.10 Å². The van der Waals surface area contributed by atoms with Crippen LogP contribution in [0.15, 0.2) is 48.5 Å². The Hall–Kier alpha value is -2.20. The van der Waals surface area contributed by atoms with Gasteiger partial charge in [0.15, 0.2) is 6.10 Å². The van der Waals surface area contributed by atoms with Crippen molar-refractivity contribution in [2.45, 2.75) is 32.3 Å². The molecule has 0 bridgehead atoms. The topological polar surface area (TPSA) is 47.6 Å². The van der Waals surface area contributed by atoms with Gasteiger partial charge in [-0.1, -0.05) is 42.8 Å². The number of benzene rings is 2. The molecule has 0 fully saturated rings. The van der Waals surface area contributed by atoms with Gasteiger partial charge in [0.2, 0.25) is 0 Å². The predicted octanol–water partition coefficient (Wildman–Crippen LogP) is 4.26. The zero-order valence-corrected chi connectivity index (χ0v) is 15.4. The van der Waals surface area contributed by atoms with Crippen LogP contribution in [-0.4, -0.2) is 25.7 Å². The molecule has 4 nitrogen and oxygen atoms in total. The lowest BCUT2D eigenvalue weighted by Crippen LogP contribution is -2.38. The van der Waals surface area contributed by atoms with Crippen LogP contribution in [0.2, 0.25) is 5.02 Å². The van der Waals surface area contributed by atoms with Crippen LogP contribution in [0.25, 0.3) is 0 Å². The van der Waals surface area contributed by atoms with E-state index in [0.717, 1.165) is 18.6 Å². The number of amides is 1. The Balaban J connectivity index is 1.79. The number of para-hydroxylation sites is 1. The van der Waals surface area contributed by atoms with Crippen LogP contribution in [0.4, 0.5) is 0 Å². The molecule has 0 aliphatic carbocycles. The summed E-state index contributed by atoms with van der Waals surface area (Å²) in [5.41, 5.74) is 1.19. The molecular formula is C20H24ClNO3. The molecule has 0 saturated carbocycles. The van der Waals surface area contributed by atoms with Gasteiger partial charge >= 0.3 is 0 Å². The summed E-state index contributed by atoms with van der Waals surface area (Å²) in [4.78, 5) is 12.3. The van der Waals surface area contributed by atoms with E-state index in [1.54, 1.807) is 19.2 Å². The van der Waals surface area contributed by atoms with E-state index in [1.165, 1.54) is 5.56 Å². The van der Waals surface area contributed by atoms with Gasteiger partial charge in [-0.2, -0.15) is 0 Å². The number of rotatable bonds is 9. The van der Waals surface area contributed by atoms with Crippen LogP contribution in [0.5, 0.6) is 11.5 Å². The summed E-state index contributed by atoms with van der Waals surface area (Å²) in [5, 5.41) is 3.44. The average molecular weight is 362 g/mol. The van der Waals surface area contributed by atoms with Crippen LogP contribution >= 0.6 is 11.6 Å². The second-order valence-electron chi connectivity index (χ2n) is 5.69. The SMILES string of the molecule is CC[C@@H](Oc1ccccc1Cl)C(=O)NCCCc1cccc(OC)c1. The number of aryl methyl sites for hydroxylation is 1. The van der Waals surface area contributed by atoms with E-state index in [4.69, 9.17) is 21.1 Å². The van der Waals surface area contributed by atoms with Crippen LogP contribution in [0.3, 0.4) is 0 Å². The number of carbonyl (C=O) groups excluding carboxylic acids is 1. The molecule has 5 heteroatoms. The van der Waals surface area contributed by atoms with Gasteiger partial charge in [-0.15, -0.1) is 0 Å². The lowest BCUT2D eigenvalue weighted by Gasteiger charge is -2.18. The van der Waals surface area contributed by atoms with Crippen molar-refractivity contribution in [1.82, 2.24) is 5.32 Å². The van der Waals surface area contributed by atoms with Crippen molar-refractivity contribution in [3.63, 3.8) is 0 Å². The highest BCUT2D eigenvalue weighted by molar-refractivity contribution is 6.32. The molecule has 0 unspecified atom stereocenters. The molecule has 0 heterocycles.